The van der Waals surface area contributed by atoms with Gasteiger partial charge in [-0.25, -0.2) is 8.42 Å². The van der Waals surface area contributed by atoms with Gasteiger partial charge in [-0.1, -0.05) is 18.2 Å². The van der Waals surface area contributed by atoms with Crippen LogP contribution in [-0.2, 0) is 9.84 Å². The average Bonchev–Trinajstić information content (AvgIpc) is 2.06. The molecule has 0 aliphatic rings. The third-order valence-corrected chi connectivity index (χ3v) is 3.23. The van der Waals surface area contributed by atoms with Crippen molar-refractivity contribution in [1.82, 2.24) is 0 Å². The summed E-state index contributed by atoms with van der Waals surface area (Å²) in [5, 5.41) is -0.395. The molecule has 0 aliphatic heterocycles. The van der Waals surface area contributed by atoms with E-state index < -0.39 is 15.0 Å². The van der Waals surface area contributed by atoms with Crippen molar-refractivity contribution in [2.45, 2.75) is 4.90 Å². The molecule has 0 heterocycles. The zero-order valence-corrected chi connectivity index (χ0v) is 7.19. The van der Waals surface area contributed by atoms with E-state index in [1.807, 2.05) is 0 Å². The molecule has 1 radical (unpaired) electrons. The van der Waals surface area contributed by atoms with E-state index in [2.05, 4.69) is 6.07 Å². The van der Waals surface area contributed by atoms with Crippen LogP contribution in [0.5, 0.6) is 0 Å². The normalized spacial score (nSPS) is 11.4. The lowest BCUT2D eigenvalue weighted by atomic mass is 10.4. The van der Waals surface area contributed by atoms with E-state index in [1.165, 1.54) is 6.07 Å². The molecule has 2 nitrogen and oxygen atoms in total. The molecule has 0 atom stereocenters. The van der Waals surface area contributed by atoms with Crippen molar-refractivity contribution < 1.29 is 8.42 Å². The highest BCUT2D eigenvalue weighted by Crippen LogP contribution is 2.09. The number of halogens is 1. The predicted molar refractivity (Wildman–Crippen MR) is 43.2 cm³/mol. The van der Waals surface area contributed by atoms with Gasteiger partial charge in [0.05, 0.1) is 4.90 Å². The van der Waals surface area contributed by atoms with Gasteiger partial charge in [-0.3, -0.25) is 0 Å². The standard InChI is InChI=1S/C7H6ClO2S/c8-6-11(9,10)7-4-2-1-3-5-7/h1-4H,6H2. The largest absolute Gasteiger partial charge is 0.222 e. The molecule has 0 fully saturated rings. The van der Waals surface area contributed by atoms with Gasteiger partial charge < -0.3 is 0 Å². The van der Waals surface area contributed by atoms with Gasteiger partial charge in [0.2, 0.25) is 0 Å². The molecule has 4 heteroatoms. The fraction of sp³-hybridized carbons (Fsp3) is 0.143. The Hall–Kier alpha value is -0.540. The quantitative estimate of drug-likeness (QED) is 0.661. The molecule has 0 N–H and O–H groups in total. The van der Waals surface area contributed by atoms with Crippen molar-refractivity contribution in [3.8, 4) is 0 Å². The Bertz CT molecular complexity index is 318. The number of alkyl halides is 1. The van der Waals surface area contributed by atoms with Crippen molar-refractivity contribution in [1.29, 1.82) is 0 Å². The monoisotopic (exact) mass is 189 g/mol. The molecule has 0 unspecified atom stereocenters. The van der Waals surface area contributed by atoms with Gasteiger partial charge in [0, 0.05) is 6.07 Å². The van der Waals surface area contributed by atoms with Crippen LogP contribution in [0.4, 0.5) is 0 Å². The highest BCUT2D eigenvalue weighted by molar-refractivity contribution is 7.92. The van der Waals surface area contributed by atoms with E-state index in [1.54, 1.807) is 18.2 Å². The molecular formula is C7H6ClO2S. The molecule has 1 rings (SSSR count). The Morgan fingerprint density at radius 2 is 2.18 bits per heavy atom. The summed E-state index contributed by atoms with van der Waals surface area (Å²) in [5.41, 5.74) is 0. The minimum absolute atomic E-state index is 0.148. The number of benzene rings is 1. The second-order valence-electron chi connectivity index (χ2n) is 1.95. The summed E-state index contributed by atoms with van der Waals surface area (Å²) in [5.74, 6) is 0. The predicted octanol–water partition coefficient (Wildman–Crippen LogP) is 1.46. The molecule has 0 saturated carbocycles. The fourth-order valence-electron chi connectivity index (χ4n) is 0.629. The van der Waals surface area contributed by atoms with E-state index in [9.17, 15) is 8.42 Å². The molecule has 0 aliphatic carbocycles. The second-order valence-corrected chi connectivity index (χ2v) is 4.49. The number of hydrogen-bond donors (Lipinski definition) is 0. The fourth-order valence-corrected chi connectivity index (χ4v) is 1.63. The first kappa shape index (κ1) is 8.56. The Morgan fingerprint density at radius 3 is 2.64 bits per heavy atom. The van der Waals surface area contributed by atoms with Gasteiger partial charge in [-0.05, 0) is 6.07 Å². The average molecular weight is 190 g/mol. The molecule has 0 amide bonds. The van der Waals surface area contributed by atoms with Gasteiger partial charge in [-0.15, -0.1) is 11.6 Å². The zero-order chi connectivity index (χ0) is 8.32. The van der Waals surface area contributed by atoms with Gasteiger partial charge in [0.15, 0.2) is 9.84 Å². The molecule has 0 saturated heterocycles. The van der Waals surface area contributed by atoms with Gasteiger partial charge in [-0.2, -0.15) is 0 Å². The summed E-state index contributed by atoms with van der Waals surface area (Å²) in [7, 11) is -3.29. The second kappa shape index (κ2) is 3.24. The van der Waals surface area contributed by atoms with E-state index in [4.69, 9.17) is 11.6 Å². The van der Waals surface area contributed by atoms with Crippen LogP contribution < -0.4 is 0 Å². The van der Waals surface area contributed by atoms with Gasteiger partial charge in [0.1, 0.15) is 5.21 Å². The third kappa shape index (κ3) is 1.94. The summed E-state index contributed by atoms with van der Waals surface area (Å²) >= 11 is 5.22. The van der Waals surface area contributed by atoms with Gasteiger partial charge in [0.25, 0.3) is 0 Å². The Kier molecular flexibility index (Phi) is 2.52. The van der Waals surface area contributed by atoms with Crippen molar-refractivity contribution >= 4 is 21.4 Å². The maximum atomic E-state index is 11.0. The highest BCUT2D eigenvalue weighted by atomic mass is 35.5. The summed E-state index contributed by atoms with van der Waals surface area (Å²) in [4.78, 5) is 0.148. The molecule has 0 bridgehead atoms. The first-order valence-electron chi connectivity index (χ1n) is 2.92. The van der Waals surface area contributed by atoms with Gasteiger partial charge >= 0.3 is 0 Å². The van der Waals surface area contributed by atoms with E-state index in [0.29, 0.717) is 0 Å². The van der Waals surface area contributed by atoms with Crippen molar-refractivity contribution in [3.63, 3.8) is 0 Å². The van der Waals surface area contributed by atoms with Crippen LogP contribution in [0.25, 0.3) is 0 Å². The SMILES string of the molecule is O=S(=O)(CCl)c1[c]cccc1. The minimum Gasteiger partial charge on any atom is -0.222 e. The topological polar surface area (TPSA) is 34.1 Å². The molecule has 11 heavy (non-hydrogen) atoms. The van der Waals surface area contributed by atoms with Crippen LogP contribution in [0.3, 0.4) is 0 Å². The van der Waals surface area contributed by atoms with Crippen LogP contribution in [0.2, 0.25) is 0 Å². The van der Waals surface area contributed by atoms with Crippen molar-refractivity contribution in [3.05, 3.63) is 30.3 Å². The summed E-state index contributed by atoms with van der Waals surface area (Å²) < 4.78 is 22.1. The smallest absolute Gasteiger partial charge is 0.192 e. The number of rotatable bonds is 2. The maximum Gasteiger partial charge on any atom is 0.192 e. The summed E-state index contributed by atoms with van der Waals surface area (Å²) in [6, 6.07) is 8.93. The lowest BCUT2D eigenvalue weighted by Gasteiger charge is -1.96. The lowest BCUT2D eigenvalue weighted by Crippen LogP contribution is -2.01. The van der Waals surface area contributed by atoms with Crippen LogP contribution in [0, 0.1) is 6.07 Å². The molecule has 1 aromatic rings. The molecule has 59 valence electrons. The molecule has 1 aromatic carbocycles. The first-order chi connectivity index (χ1) is 5.17. The number of hydrogen-bond acceptors (Lipinski definition) is 2. The maximum absolute atomic E-state index is 11.0. The molecular weight excluding hydrogens is 184 g/mol. The van der Waals surface area contributed by atoms with E-state index in [-0.39, 0.29) is 4.90 Å². The number of sulfone groups is 1. The minimum atomic E-state index is -3.29. The Balaban J connectivity index is 3.14. The highest BCUT2D eigenvalue weighted by Gasteiger charge is 2.10. The summed E-state index contributed by atoms with van der Waals surface area (Å²) in [6.45, 7) is 0. The lowest BCUT2D eigenvalue weighted by molar-refractivity contribution is 0.600. The third-order valence-electron chi connectivity index (χ3n) is 1.16. The van der Waals surface area contributed by atoms with Crippen LogP contribution in [-0.4, -0.2) is 13.6 Å². The van der Waals surface area contributed by atoms with Crippen LogP contribution >= 0.6 is 11.6 Å². The van der Waals surface area contributed by atoms with E-state index in [0.717, 1.165) is 0 Å². The zero-order valence-electron chi connectivity index (χ0n) is 5.62. The Labute approximate surface area is 70.7 Å². The summed E-state index contributed by atoms with van der Waals surface area (Å²) in [6.07, 6.45) is 0. The van der Waals surface area contributed by atoms with Crippen LogP contribution in [0.1, 0.15) is 0 Å². The molecule has 0 spiro atoms. The van der Waals surface area contributed by atoms with E-state index >= 15 is 0 Å². The Morgan fingerprint density at radius 1 is 1.45 bits per heavy atom. The first-order valence-corrected chi connectivity index (χ1v) is 5.11. The van der Waals surface area contributed by atoms with Crippen molar-refractivity contribution in [2.75, 3.05) is 5.21 Å². The molecule has 0 aromatic heterocycles. The van der Waals surface area contributed by atoms with Crippen molar-refractivity contribution in [2.24, 2.45) is 0 Å². The van der Waals surface area contributed by atoms with Crippen LogP contribution in [0.15, 0.2) is 29.2 Å².